The van der Waals surface area contributed by atoms with Crippen molar-refractivity contribution in [1.82, 2.24) is 4.31 Å². The van der Waals surface area contributed by atoms with Gasteiger partial charge in [-0.25, -0.2) is 8.42 Å². The second kappa shape index (κ2) is 9.73. The van der Waals surface area contributed by atoms with Gasteiger partial charge in [-0.2, -0.15) is 17.5 Å². The maximum absolute atomic E-state index is 13.3. The van der Waals surface area contributed by atoms with Crippen LogP contribution in [-0.4, -0.2) is 44.0 Å². The molecule has 0 radical (unpaired) electrons. The molecule has 3 aromatic rings. The zero-order chi connectivity index (χ0) is 24.3. The molecule has 0 aromatic heterocycles. The Morgan fingerprint density at radius 2 is 1.74 bits per heavy atom. The highest BCUT2D eigenvalue weighted by atomic mass is 32.2. The van der Waals surface area contributed by atoms with Gasteiger partial charge in [0.15, 0.2) is 0 Å². The first-order valence-corrected chi connectivity index (χ1v) is 12.1. The number of hydrogen-bond donors (Lipinski definition) is 1. The van der Waals surface area contributed by atoms with Gasteiger partial charge in [-0.1, -0.05) is 42.5 Å². The zero-order valence-corrected chi connectivity index (χ0v) is 18.9. The molecule has 0 spiro atoms. The molecule has 10 heteroatoms. The molecular weight excluding hydrogens is 469 g/mol. The fraction of sp³-hybridized carbons (Fsp3) is 0.292. The molecule has 1 aliphatic rings. The van der Waals surface area contributed by atoms with Crippen LogP contribution in [-0.2, 0) is 26.2 Å². The number of benzene rings is 3. The van der Waals surface area contributed by atoms with Crippen molar-refractivity contribution in [2.45, 2.75) is 36.6 Å². The molecule has 1 amide bonds. The number of carbonyl (C=O) groups excluding carboxylic acids is 1. The Labute approximate surface area is 195 Å². The predicted molar refractivity (Wildman–Crippen MR) is 122 cm³/mol. The molecule has 1 aliphatic heterocycles. The molecule has 0 aliphatic carbocycles. The molecule has 1 N–H and O–H groups in total. The summed E-state index contributed by atoms with van der Waals surface area (Å²) < 4.78 is 69.0. The standard InChI is InChI=1S/C24H23F3N2O4S/c25-24(26,27)16-33-15-17-7-10-20(11-8-17)28-23(30)22-6-3-13-29(22)34(31,32)21-12-9-18-4-1-2-5-19(18)14-21/h1-2,4-5,7-12,14,22H,3,6,13,15-16H2,(H,28,30). The Balaban J connectivity index is 1.43. The molecule has 4 rings (SSSR count). The number of nitrogens with zero attached hydrogens (tertiary/aromatic N) is 1. The topological polar surface area (TPSA) is 75.7 Å². The highest BCUT2D eigenvalue weighted by Crippen LogP contribution is 2.29. The van der Waals surface area contributed by atoms with E-state index in [0.717, 1.165) is 10.8 Å². The van der Waals surface area contributed by atoms with Crippen molar-refractivity contribution in [1.29, 1.82) is 0 Å². The Morgan fingerprint density at radius 1 is 1.03 bits per heavy atom. The second-order valence-electron chi connectivity index (χ2n) is 8.08. The van der Waals surface area contributed by atoms with Crippen LogP contribution in [0, 0.1) is 0 Å². The monoisotopic (exact) mass is 492 g/mol. The van der Waals surface area contributed by atoms with E-state index in [2.05, 4.69) is 10.1 Å². The third-order valence-electron chi connectivity index (χ3n) is 5.59. The van der Waals surface area contributed by atoms with Crippen LogP contribution < -0.4 is 5.32 Å². The number of fused-ring (bicyclic) bond motifs is 1. The normalized spacial score (nSPS) is 17.2. The Kier molecular flexibility index (Phi) is 6.92. The summed E-state index contributed by atoms with van der Waals surface area (Å²) in [5, 5.41) is 4.42. The third kappa shape index (κ3) is 5.57. The van der Waals surface area contributed by atoms with Gasteiger partial charge in [-0.3, -0.25) is 4.79 Å². The predicted octanol–water partition coefficient (Wildman–Crippen LogP) is 4.71. The van der Waals surface area contributed by atoms with Gasteiger partial charge in [0.25, 0.3) is 0 Å². The zero-order valence-electron chi connectivity index (χ0n) is 18.1. The van der Waals surface area contributed by atoms with E-state index < -0.39 is 34.8 Å². The van der Waals surface area contributed by atoms with E-state index in [-0.39, 0.29) is 18.0 Å². The summed E-state index contributed by atoms with van der Waals surface area (Å²) in [4.78, 5) is 13.0. The molecule has 180 valence electrons. The molecule has 3 aromatic carbocycles. The van der Waals surface area contributed by atoms with Crippen LogP contribution in [0.3, 0.4) is 0 Å². The molecule has 1 unspecified atom stereocenters. The number of hydrogen-bond acceptors (Lipinski definition) is 4. The highest BCUT2D eigenvalue weighted by Gasteiger charge is 2.39. The second-order valence-corrected chi connectivity index (χ2v) is 9.97. The summed E-state index contributed by atoms with van der Waals surface area (Å²) in [7, 11) is -3.88. The van der Waals surface area contributed by atoms with Crippen molar-refractivity contribution in [2.75, 3.05) is 18.5 Å². The van der Waals surface area contributed by atoms with Crippen LogP contribution in [0.1, 0.15) is 18.4 Å². The molecule has 1 heterocycles. The fourth-order valence-corrected chi connectivity index (χ4v) is 5.64. The lowest BCUT2D eigenvalue weighted by Gasteiger charge is -2.23. The van der Waals surface area contributed by atoms with Crippen LogP contribution >= 0.6 is 0 Å². The maximum atomic E-state index is 13.3. The van der Waals surface area contributed by atoms with Gasteiger partial charge in [0, 0.05) is 12.2 Å². The fourth-order valence-electron chi connectivity index (χ4n) is 3.95. The highest BCUT2D eigenvalue weighted by molar-refractivity contribution is 7.89. The quantitative estimate of drug-likeness (QED) is 0.518. The summed E-state index contributed by atoms with van der Waals surface area (Å²) in [5.74, 6) is -0.456. The summed E-state index contributed by atoms with van der Waals surface area (Å²) in [5.41, 5.74) is 0.933. The first-order chi connectivity index (χ1) is 16.1. The summed E-state index contributed by atoms with van der Waals surface area (Å²) >= 11 is 0. The Bertz CT molecular complexity index is 1280. The van der Waals surface area contributed by atoms with Crippen LogP contribution in [0.25, 0.3) is 10.8 Å². The lowest BCUT2D eigenvalue weighted by Crippen LogP contribution is -2.43. The van der Waals surface area contributed by atoms with Crippen molar-refractivity contribution in [2.24, 2.45) is 0 Å². The smallest absolute Gasteiger partial charge is 0.367 e. The van der Waals surface area contributed by atoms with E-state index in [1.807, 2.05) is 24.3 Å². The average molecular weight is 493 g/mol. The molecule has 0 bridgehead atoms. The first-order valence-electron chi connectivity index (χ1n) is 10.7. The number of alkyl halides is 3. The SMILES string of the molecule is O=C(Nc1ccc(COCC(F)(F)F)cc1)C1CCCN1S(=O)(=O)c1ccc2ccccc2c1. The van der Waals surface area contributed by atoms with Gasteiger partial charge >= 0.3 is 6.18 Å². The Hall–Kier alpha value is -2.95. The van der Waals surface area contributed by atoms with Gasteiger partial charge in [-0.05, 0) is 53.4 Å². The molecule has 1 atom stereocenters. The van der Waals surface area contributed by atoms with Crippen molar-refractivity contribution in [3.05, 3.63) is 72.3 Å². The van der Waals surface area contributed by atoms with Gasteiger partial charge in [0.05, 0.1) is 11.5 Å². The van der Waals surface area contributed by atoms with Crippen molar-refractivity contribution < 1.29 is 31.1 Å². The number of carbonyl (C=O) groups is 1. The number of anilines is 1. The maximum Gasteiger partial charge on any atom is 0.411 e. The van der Waals surface area contributed by atoms with Crippen LogP contribution in [0.2, 0.25) is 0 Å². The molecule has 1 fully saturated rings. The van der Waals surface area contributed by atoms with Crippen LogP contribution in [0.15, 0.2) is 71.6 Å². The Morgan fingerprint density at radius 3 is 2.44 bits per heavy atom. The van der Waals surface area contributed by atoms with Crippen LogP contribution in [0.4, 0.5) is 18.9 Å². The van der Waals surface area contributed by atoms with E-state index in [9.17, 15) is 26.4 Å². The van der Waals surface area contributed by atoms with E-state index in [0.29, 0.717) is 24.1 Å². The minimum absolute atomic E-state index is 0.133. The summed E-state index contributed by atoms with van der Waals surface area (Å²) in [6, 6.07) is 17.7. The van der Waals surface area contributed by atoms with Crippen molar-refractivity contribution >= 4 is 32.4 Å². The summed E-state index contributed by atoms with van der Waals surface area (Å²) in [6.45, 7) is -1.31. The number of halogens is 3. The largest absolute Gasteiger partial charge is 0.411 e. The first kappa shape index (κ1) is 24.2. The molecule has 6 nitrogen and oxygen atoms in total. The molecule has 34 heavy (non-hydrogen) atoms. The molecule has 1 saturated heterocycles. The minimum atomic E-state index is -4.39. The van der Waals surface area contributed by atoms with E-state index in [1.54, 1.807) is 42.5 Å². The summed E-state index contributed by atoms with van der Waals surface area (Å²) in [6.07, 6.45) is -3.45. The van der Waals surface area contributed by atoms with Gasteiger partial charge in [0.2, 0.25) is 15.9 Å². The van der Waals surface area contributed by atoms with Gasteiger partial charge < -0.3 is 10.1 Å². The molecular formula is C24H23F3N2O4S. The number of rotatable bonds is 7. The van der Waals surface area contributed by atoms with Crippen molar-refractivity contribution in [3.63, 3.8) is 0 Å². The number of ether oxygens (including phenoxy) is 1. The van der Waals surface area contributed by atoms with E-state index in [1.165, 1.54) is 4.31 Å². The lowest BCUT2D eigenvalue weighted by atomic mass is 10.1. The van der Waals surface area contributed by atoms with Crippen molar-refractivity contribution in [3.8, 4) is 0 Å². The van der Waals surface area contributed by atoms with E-state index >= 15 is 0 Å². The third-order valence-corrected chi connectivity index (χ3v) is 7.49. The lowest BCUT2D eigenvalue weighted by molar-refractivity contribution is -0.176. The van der Waals surface area contributed by atoms with Crippen LogP contribution in [0.5, 0.6) is 0 Å². The minimum Gasteiger partial charge on any atom is -0.367 e. The number of sulfonamides is 1. The van der Waals surface area contributed by atoms with Gasteiger partial charge in [0.1, 0.15) is 12.6 Å². The molecule has 0 saturated carbocycles. The number of amides is 1. The average Bonchev–Trinajstić information content (AvgIpc) is 3.30. The van der Waals surface area contributed by atoms with Gasteiger partial charge in [-0.15, -0.1) is 0 Å². The number of nitrogens with one attached hydrogen (secondary N) is 1. The van der Waals surface area contributed by atoms with E-state index in [4.69, 9.17) is 0 Å².